The first-order valence-corrected chi connectivity index (χ1v) is 7.33. The number of amides is 1. The second-order valence-electron chi connectivity index (χ2n) is 5.86. The van der Waals surface area contributed by atoms with E-state index in [1.165, 1.54) is 11.1 Å². The Morgan fingerprint density at radius 1 is 0.905 bits per heavy atom. The molecule has 0 aliphatic heterocycles. The molecule has 1 atom stereocenters. The van der Waals surface area contributed by atoms with Crippen molar-refractivity contribution in [1.29, 1.82) is 0 Å². The van der Waals surface area contributed by atoms with Gasteiger partial charge in [0.05, 0.1) is 6.04 Å². The maximum Gasteiger partial charge on any atom is 0.252 e. The number of nitrogens with one attached hydrogen (secondary N) is 1. The average Bonchev–Trinajstić information content (AvgIpc) is 2.43. The first-order chi connectivity index (χ1) is 9.88. The van der Waals surface area contributed by atoms with Gasteiger partial charge in [0.15, 0.2) is 0 Å². The molecule has 0 radical (unpaired) electrons. The van der Waals surface area contributed by atoms with E-state index in [2.05, 4.69) is 49.5 Å². The van der Waals surface area contributed by atoms with E-state index in [1.54, 1.807) is 0 Å². The highest BCUT2D eigenvalue weighted by atomic mass is 16.1. The van der Waals surface area contributed by atoms with Gasteiger partial charge in [0.25, 0.3) is 5.91 Å². The molecule has 1 N–H and O–H groups in total. The van der Waals surface area contributed by atoms with Crippen LogP contribution in [-0.4, -0.2) is 5.91 Å². The molecule has 110 valence electrons. The zero-order valence-corrected chi connectivity index (χ0v) is 13.4. The molecule has 0 saturated heterocycles. The second-order valence-corrected chi connectivity index (χ2v) is 5.86. The van der Waals surface area contributed by atoms with Gasteiger partial charge in [-0.05, 0) is 62.9 Å². The van der Waals surface area contributed by atoms with E-state index in [1.807, 2.05) is 26.8 Å². The van der Waals surface area contributed by atoms with Crippen LogP contribution in [0.1, 0.15) is 51.1 Å². The fourth-order valence-corrected chi connectivity index (χ4v) is 2.42. The number of hydrogen-bond donors (Lipinski definition) is 1. The SMILES string of the molecule is Cc1ccc([C@H](C)NC(=O)c2cc(C)c(C)cc2C)cc1. The molecule has 0 unspecified atom stereocenters. The van der Waals surface area contributed by atoms with Crippen LogP contribution >= 0.6 is 0 Å². The molecule has 0 aliphatic carbocycles. The van der Waals surface area contributed by atoms with Gasteiger partial charge in [-0.2, -0.15) is 0 Å². The Kier molecular flexibility index (Phi) is 4.46. The van der Waals surface area contributed by atoms with Crippen LogP contribution < -0.4 is 5.32 Å². The van der Waals surface area contributed by atoms with Crippen LogP contribution in [0.4, 0.5) is 0 Å². The predicted molar refractivity (Wildman–Crippen MR) is 87.7 cm³/mol. The third-order valence-electron chi connectivity index (χ3n) is 4.01. The Hall–Kier alpha value is -2.09. The van der Waals surface area contributed by atoms with E-state index < -0.39 is 0 Å². The summed E-state index contributed by atoms with van der Waals surface area (Å²) in [6, 6.07) is 12.3. The summed E-state index contributed by atoms with van der Waals surface area (Å²) < 4.78 is 0. The van der Waals surface area contributed by atoms with Gasteiger partial charge in [-0.1, -0.05) is 35.9 Å². The average molecular weight is 281 g/mol. The van der Waals surface area contributed by atoms with Crippen LogP contribution in [-0.2, 0) is 0 Å². The van der Waals surface area contributed by atoms with Crippen molar-refractivity contribution in [2.24, 2.45) is 0 Å². The van der Waals surface area contributed by atoms with Gasteiger partial charge in [0, 0.05) is 5.56 Å². The van der Waals surface area contributed by atoms with Crippen molar-refractivity contribution >= 4 is 5.91 Å². The van der Waals surface area contributed by atoms with Gasteiger partial charge < -0.3 is 5.32 Å². The summed E-state index contributed by atoms with van der Waals surface area (Å²) in [4.78, 5) is 12.5. The van der Waals surface area contributed by atoms with Gasteiger partial charge in [0.2, 0.25) is 0 Å². The fourth-order valence-electron chi connectivity index (χ4n) is 2.42. The topological polar surface area (TPSA) is 29.1 Å². The quantitative estimate of drug-likeness (QED) is 0.887. The third-order valence-corrected chi connectivity index (χ3v) is 4.01. The first kappa shape index (κ1) is 15.3. The van der Waals surface area contributed by atoms with Crippen LogP contribution in [0.25, 0.3) is 0 Å². The molecular weight excluding hydrogens is 258 g/mol. The van der Waals surface area contributed by atoms with Gasteiger partial charge in [-0.15, -0.1) is 0 Å². The summed E-state index contributed by atoms with van der Waals surface area (Å²) in [5.74, 6) is -0.0105. The molecule has 0 heterocycles. The molecule has 0 aliphatic rings. The van der Waals surface area contributed by atoms with E-state index in [9.17, 15) is 4.79 Å². The molecule has 2 rings (SSSR count). The Labute approximate surface area is 127 Å². The molecule has 0 saturated carbocycles. The first-order valence-electron chi connectivity index (χ1n) is 7.33. The Balaban J connectivity index is 2.18. The lowest BCUT2D eigenvalue weighted by atomic mass is 9.99. The number of aryl methyl sites for hydroxylation is 4. The lowest BCUT2D eigenvalue weighted by Crippen LogP contribution is -2.27. The van der Waals surface area contributed by atoms with Crippen molar-refractivity contribution in [1.82, 2.24) is 5.32 Å². The Morgan fingerprint density at radius 3 is 2.10 bits per heavy atom. The lowest BCUT2D eigenvalue weighted by molar-refractivity contribution is 0.0939. The monoisotopic (exact) mass is 281 g/mol. The summed E-state index contributed by atoms with van der Waals surface area (Å²) in [5.41, 5.74) is 6.49. The molecule has 2 heteroatoms. The lowest BCUT2D eigenvalue weighted by Gasteiger charge is -2.16. The van der Waals surface area contributed by atoms with Crippen molar-refractivity contribution in [3.05, 3.63) is 69.8 Å². The van der Waals surface area contributed by atoms with Crippen molar-refractivity contribution in [3.63, 3.8) is 0 Å². The normalized spacial score (nSPS) is 12.0. The molecule has 0 aromatic heterocycles. The summed E-state index contributed by atoms with van der Waals surface area (Å²) in [6.45, 7) is 10.2. The predicted octanol–water partition coefficient (Wildman–Crippen LogP) is 4.41. The number of carbonyl (C=O) groups is 1. The minimum atomic E-state index is -0.0105. The molecule has 0 fully saturated rings. The highest BCUT2D eigenvalue weighted by Crippen LogP contribution is 2.18. The van der Waals surface area contributed by atoms with E-state index in [0.29, 0.717) is 0 Å². The van der Waals surface area contributed by atoms with Crippen LogP contribution in [0.3, 0.4) is 0 Å². The molecular formula is C19H23NO. The van der Waals surface area contributed by atoms with Gasteiger partial charge in [-0.25, -0.2) is 0 Å². The maximum absolute atomic E-state index is 12.5. The number of hydrogen-bond acceptors (Lipinski definition) is 1. The summed E-state index contributed by atoms with van der Waals surface area (Å²) in [7, 11) is 0. The second kappa shape index (κ2) is 6.13. The molecule has 2 aromatic carbocycles. The smallest absolute Gasteiger partial charge is 0.252 e. The summed E-state index contributed by atoms with van der Waals surface area (Å²) in [5, 5.41) is 3.08. The number of rotatable bonds is 3. The Morgan fingerprint density at radius 2 is 1.48 bits per heavy atom. The van der Waals surface area contributed by atoms with E-state index >= 15 is 0 Å². The summed E-state index contributed by atoms with van der Waals surface area (Å²) in [6.07, 6.45) is 0. The van der Waals surface area contributed by atoms with Crippen molar-refractivity contribution < 1.29 is 4.79 Å². The minimum Gasteiger partial charge on any atom is -0.346 e. The van der Waals surface area contributed by atoms with Crippen LogP contribution in [0.2, 0.25) is 0 Å². The fraction of sp³-hybridized carbons (Fsp3) is 0.316. The van der Waals surface area contributed by atoms with Crippen molar-refractivity contribution in [3.8, 4) is 0 Å². The van der Waals surface area contributed by atoms with Crippen molar-refractivity contribution in [2.75, 3.05) is 0 Å². The van der Waals surface area contributed by atoms with Crippen molar-refractivity contribution in [2.45, 2.75) is 40.7 Å². The summed E-state index contributed by atoms with van der Waals surface area (Å²) >= 11 is 0. The molecule has 2 nitrogen and oxygen atoms in total. The number of benzene rings is 2. The van der Waals surface area contributed by atoms with Gasteiger partial charge in [0.1, 0.15) is 0 Å². The van der Waals surface area contributed by atoms with E-state index in [4.69, 9.17) is 0 Å². The number of carbonyl (C=O) groups excluding carboxylic acids is 1. The van der Waals surface area contributed by atoms with Crippen LogP contribution in [0, 0.1) is 27.7 Å². The zero-order valence-electron chi connectivity index (χ0n) is 13.4. The zero-order chi connectivity index (χ0) is 15.6. The largest absolute Gasteiger partial charge is 0.346 e. The highest BCUT2D eigenvalue weighted by Gasteiger charge is 2.14. The third kappa shape index (κ3) is 3.52. The van der Waals surface area contributed by atoms with Gasteiger partial charge in [-0.3, -0.25) is 4.79 Å². The highest BCUT2D eigenvalue weighted by molar-refractivity contribution is 5.96. The molecule has 0 spiro atoms. The van der Waals surface area contributed by atoms with Gasteiger partial charge >= 0.3 is 0 Å². The molecule has 1 amide bonds. The molecule has 21 heavy (non-hydrogen) atoms. The molecule has 0 bridgehead atoms. The Bertz CT molecular complexity index is 656. The van der Waals surface area contributed by atoms with E-state index in [-0.39, 0.29) is 11.9 Å². The van der Waals surface area contributed by atoms with Crippen LogP contribution in [0.15, 0.2) is 36.4 Å². The van der Waals surface area contributed by atoms with Crippen LogP contribution in [0.5, 0.6) is 0 Å². The maximum atomic E-state index is 12.5. The standard InChI is InChI=1S/C19H23NO/c1-12-6-8-17(9-7-12)16(5)20-19(21)18-11-14(3)13(2)10-15(18)4/h6-11,16H,1-5H3,(H,20,21)/t16-/m0/s1. The minimum absolute atomic E-state index is 0.000825. The van der Waals surface area contributed by atoms with E-state index in [0.717, 1.165) is 22.3 Å². The molecule has 2 aromatic rings.